The summed E-state index contributed by atoms with van der Waals surface area (Å²) in [7, 11) is -0.587. The molecule has 0 aliphatic carbocycles. The summed E-state index contributed by atoms with van der Waals surface area (Å²) in [4.78, 5) is 0. The Morgan fingerprint density at radius 2 is 1.71 bits per heavy atom. The van der Waals surface area contributed by atoms with E-state index in [1.165, 1.54) is 0 Å². The van der Waals surface area contributed by atoms with Crippen LogP contribution in [0.3, 0.4) is 0 Å². The summed E-state index contributed by atoms with van der Waals surface area (Å²) in [6, 6.07) is 3.06. The Morgan fingerprint density at radius 1 is 1.18 bits per heavy atom. The van der Waals surface area contributed by atoms with E-state index in [0.717, 1.165) is 18.2 Å². The Balaban J connectivity index is 2.81. The Kier molecular flexibility index (Phi) is 4.77. The Labute approximate surface area is 102 Å². The fourth-order valence-electron chi connectivity index (χ4n) is 1.63. The number of halogens is 3. The van der Waals surface area contributed by atoms with E-state index in [2.05, 4.69) is 0 Å². The van der Waals surface area contributed by atoms with Crippen molar-refractivity contribution in [1.82, 2.24) is 0 Å². The first kappa shape index (κ1) is 14.2. The molecule has 1 rings (SSSR count). The molecular weight excluding hydrogens is 245 g/mol. The number of benzene rings is 1. The van der Waals surface area contributed by atoms with Gasteiger partial charge in [-0.25, -0.2) is 13.2 Å². The van der Waals surface area contributed by atoms with E-state index < -0.39 is 32.8 Å². The zero-order valence-corrected chi connectivity index (χ0v) is 11.7. The van der Waals surface area contributed by atoms with Crippen molar-refractivity contribution >= 4 is 9.76 Å². The van der Waals surface area contributed by atoms with Gasteiger partial charge in [0.2, 0.25) is 0 Å². The number of rotatable bonds is 5. The predicted octanol–water partition coefficient (Wildman–Crippen LogP) is 2.96. The van der Waals surface area contributed by atoms with Crippen LogP contribution in [0.1, 0.15) is 26.3 Å². The molecule has 0 N–H and O–H groups in total. The van der Waals surface area contributed by atoms with Crippen molar-refractivity contribution in [3.63, 3.8) is 0 Å². The molecule has 0 saturated heterocycles. The zero-order valence-electron chi connectivity index (χ0n) is 10.3. The molecule has 0 atom stereocenters. The largest absolute Gasteiger partial charge is 0.419 e. The van der Waals surface area contributed by atoms with Gasteiger partial charge in [0.25, 0.3) is 0 Å². The fraction of sp³-hybridized carbons (Fsp3) is 0.500. The molecule has 96 valence electrons. The topological polar surface area (TPSA) is 9.23 Å². The van der Waals surface area contributed by atoms with Gasteiger partial charge in [-0.3, -0.25) is 0 Å². The predicted molar refractivity (Wildman–Crippen MR) is 64.2 cm³/mol. The second-order valence-corrected chi connectivity index (χ2v) is 6.36. The lowest BCUT2D eigenvalue weighted by Crippen LogP contribution is -2.29. The number of hydrogen-bond acceptors (Lipinski definition) is 1. The molecule has 0 aromatic heterocycles. The van der Waals surface area contributed by atoms with Gasteiger partial charge in [-0.05, 0) is 44.0 Å². The third-order valence-electron chi connectivity index (χ3n) is 2.37. The van der Waals surface area contributed by atoms with Gasteiger partial charge in [-0.2, -0.15) is 0 Å². The molecule has 0 amide bonds. The average Bonchev–Trinajstić information content (AvgIpc) is 2.22. The summed E-state index contributed by atoms with van der Waals surface area (Å²) >= 11 is 0. The van der Waals surface area contributed by atoms with E-state index in [1.807, 2.05) is 20.8 Å². The lowest BCUT2D eigenvalue weighted by atomic mass is 9.98. The van der Waals surface area contributed by atoms with Crippen molar-refractivity contribution in [1.29, 1.82) is 0 Å². The van der Waals surface area contributed by atoms with Crippen LogP contribution in [0.4, 0.5) is 13.2 Å². The lowest BCUT2D eigenvalue weighted by Gasteiger charge is -2.26. The van der Waals surface area contributed by atoms with Crippen molar-refractivity contribution < 1.29 is 17.6 Å². The summed E-state index contributed by atoms with van der Waals surface area (Å²) in [5.41, 5.74) is -0.0460. The van der Waals surface area contributed by atoms with Crippen molar-refractivity contribution in [3.8, 4) is 0 Å². The minimum Gasteiger partial charge on any atom is -0.419 e. The summed E-state index contributed by atoms with van der Waals surface area (Å²) in [6.07, 6.45) is 0.369. The molecule has 0 aliphatic heterocycles. The summed E-state index contributed by atoms with van der Waals surface area (Å²) < 4.78 is 44.5. The third-order valence-corrected chi connectivity index (χ3v) is 3.76. The summed E-state index contributed by atoms with van der Waals surface area (Å²) in [6.45, 7) is 5.78. The Morgan fingerprint density at radius 3 is 2.18 bits per heavy atom. The van der Waals surface area contributed by atoms with E-state index in [0.29, 0.717) is 12.0 Å². The molecule has 0 heterocycles. The van der Waals surface area contributed by atoms with Crippen LogP contribution in [0.15, 0.2) is 12.1 Å². The maximum atomic E-state index is 13.0. The molecule has 5 heteroatoms. The Hall–Kier alpha value is -0.813. The van der Waals surface area contributed by atoms with Crippen LogP contribution in [0.25, 0.3) is 0 Å². The normalized spacial score (nSPS) is 12.6. The van der Waals surface area contributed by atoms with E-state index in [9.17, 15) is 13.2 Å². The van der Waals surface area contributed by atoms with Gasteiger partial charge in [-0.1, -0.05) is 6.92 Å². The maximum absolute atomic E-state index is 13.0. The van der Waals surface area contributed by atoms with Gasteiger partial charge in [0.1, 0.15) is 0 Å². The van der Waals surface area contributed by atoms with Crippen LogP contribution in [0, 0.1) is 17.5 Å². The quantitative estimate of drug-likeness (QED) is 0.585. The highest BCUT2D eigenvalue weighted by Gasteiger charge is 2.20. The van der Waals surface area contributed by atoms with E-state index in [4.69, 9.17) is 4.43 Å². The molecule has 1 aromatic rings. The molecule has 17 heavy (non-hydrogen) atoms. The second kappa shape index (κ2) is 5.69. The first-order chi connectivity index (χ1) is 7.85. The van der Waals surface area contributed by atoms with Crippen LogP contribution in [-0.2, 0) is 10.8 Å². The van der Waals surface area contributed by atoms with Gasteiger partial charge >= 0.3 is 0 Å². The standard InChI is InChI=1S/C12H17F3OSi/c1-4-17-16-12(2,3)7-8-5-9(13)11(15)10(14)6-8/h5-6H,4,7,17H2,1-3H3. The first-order valence-corrected chi connectivity index (χ1v) is 7.21. The van der Waals surface area contributed by atoms with E-state index >= 15 is 0 Å². The zero-order chi connectivity index (χ0) is 13.1. The third kappa shape index (κ3) is 4.16. The SMILES string of the molecule is CC[SiH2]OC(C)(C)Cc1cc(F)c(F)c(F)c1. The molecule has 0 saturated carbocycles. The van der Waals surface area contributed by atoms with Crippen LogP contribution in [0.5, 0.6) is 0 Å². The monoisotopic (exact) mass is 262 g/mol. The Bertz CT molecular complexity index is 370. The first-order valence-electron chi connectivity index (χ1n) is 5.63. The average molecular weight is 262 g/mol. The van der Waals surface area contributed by atoms with Gasteiger partial charge in [-0.15, -0.1) is 0 Å². The molecule has 0 bridgehead atoms. The molecule has 0 aliphatic rings. The molecule has 0 radical (unpaired) electrons. The molecular formula is C12H17F3OSi. The van der Waals surface area contributed by atoms with Crippen LogP contribution in [-0.4, -0.2) is 15.4 Å². The highest BCUT2D eigenvalue weighted by Crippen LogP contribution is 2.20. The molecule has 0 fully saturated rings. The summed E-state index contributed by atoms with van der Waals surface area (Å²) in [5.74, 6) is -3.72. The fourth-order valence-corrected chi connectivity index (χ4v) is 2.49. The van der Waals surface area contributed by atoms with Crippen LogP contribution in [0.2, 0.25) is 6.04 Å². The maximum Gasteiger partial charge on any atom is 0.194 e. The molecule has 0 unspecified atom stereocenters. The number of hydrogen-bond donors (Lipinski definition) is 0. The molecule has 1 nitrogen and oxygen atoms in total. The van der Waals surface area contributed by atoms with Crippen molar-refractivity contribution in [2.45, 2.75) is 38.8 Å². The van der Waals surface area contributed by atoms with Gasteiger partial charge < -0.3 is 4.43 Å². The van der Waals surface area contributed by atoms with E-state index in [1.54, 1.807) is 0 Å². The minimum absolute atomic E-state index is 0.369. The van der Waals surface area contributed by atoms with Crippen LogP contribution < -0.4 is 0 Å². The van der Waals surface area contributed by atoms with Gasteiger partial charge in [0.05, 0.1) is 5.60 Å². The van der Waals surface area contributed by atoms with Crippen molar-refractivity contribution in [3.05, 3.63) is 35.1 Å². The molecule has 0 spiro atoms. The van der Waals surface area contributed by atoms with Gasteiger partial charge in [0.15, 0.2) is 27.2 Å². The van der Waals surface area contributed by atoms with Crippen molar-refractivity contribution in [2.75, 3.05) is 0 Å². The smallest absolute Gasteiger partial charge is 0.194 e. The molecule has 1 aromatic carbocycles. The highest BCUT2D eigenvalue weighted by molar-refractivity contribution is 6.27. The van der Waals surface area contributed by atoms with E-state index in [-0.39, 0.29) is 0 Å². The highest BCUT2D eigenvalue weighted by atomic mass is 28.2. The summed E-state index contributed by atoms with van der Waals surface area (Å²) in [5, 5.41) is 0. The lowest BCUT2D eigenvalue weighted by molar-refractivity contribution is 0.116. The second-order valence-electron chi connectivity index (χ2n) is 4.66. The van der Waals surface area contributed by atoms with Gasteiger partial charge in [0, 0.05) is 0 Å². The van der Waals surface area contributed by atoms with Crippen molar-refractivity contribution in [2.24, 2.45) is 0 Å². The van der Waals surface area contributed by atoms with Crippen LogP contribution >= 0.6 is 0 Å². The minimum atomic E-state index is -1.42.